The summed E-state index contributed by atoms with van der Waals surface area (Å²) in [4.78, 5) is 8.19. The summed E-state index contributed by atoms with van der Waals surface area (Å²) in [6.45, 7) is 6.17. The fourth-order valence-corrected chi connectivity index (χ4v) is 1.39. The number of pyridine rings is 2. The zero-order valence-electron chi connectivity index (χ0n) is 10.4. The van der Waals surface area contributed by atoms with Crippen LogP contribution in [-0.2, 0) is 6.42 Å². The van der Waals surface area contributed by atoms with Crippen LogP contribution in [0.5, 0.6) is 0 Å². The van der Waals surface area contributed by atoms with Crippen LogP contribution in [-0.4, -0.2) is 9.97 Å². The molecule has 0 radical (unpaired) electrons. The highest BCUT2D eigenvalue weighted by Gasteiger charge is 1.86. The minimum atomic E-state index is 0.892. The third-order valence-corrected chi connectivity index (χ3v) is 2.68. The molecule has 2 nitrogen and oxygen atoms in total. The van der Waals surface area contributed by atoms with Gasteiger partial charge in [-0.2, -0.15) is 0 Å². The molecule has 0 fully saturated rings. The van der Waals surface area contributed by atoms with Gasteiger partial charge in [0.1, 0.15) is 4.60 Å². The SMILES string of the molecule is CCc1ccc(C)cn1.Cc1ccc(Br)nc1. The van der Waals surface area contributed by atoms with Crippen molar-refractivity contribution in [3.63, 3.8) is 0 Å². The summed E-state index contributed by atoms with van der Waals surface area (Å²) in [7, 11) is 0. The molecule has 3 heteroatoms. The monoisotopic (exact) mass is 292 g/mol. The first-order chi connectivity index (χ1) is 8.11. The molecule has 0 aliphatic carbocycles. The molecule has 0 atom stereocenters. The normalized spacial score (nSPS) is 9.41. The van der Waals surface area contributed by atoms with Gasteiger partial charge in [-0.3, -0.25) is 4.98 Å². The Bertz CT molecular complexity index is 414. The van der Waals surface area contributed by atoms with E-state index >= 15 is 0 Å². The molecule has 0 bridgehead atoms. The fourth-order valence-electron chi connectivity index (χ4n) is 1.16. The molecular formula is C14H17BrN2. The highest BCUT2D eigenvalue weighted by molar-refractivity contribution is 9.10. The first-order valence-electron chi connectivity index (χ1n) is 5.61. The Kier molecular flexibility index (Phi) is 5.84. The van der Waals surface area contributed by atoms with E-state index in [4.69, 9.17) is 0 Å². The van der Waals surface area contributed by atoms with E-state index in [9.17, 15) is 0 Å². The molecule has 0 unspecified atom stereocenters. The molecule has 0 N–H and O–H groups in total. The van der Waals surface area contributed by atoms with E-state index in [1.165, 1.54) is 16.8 Å². The Hall–Kier alpha value is -1.22. The smallest absolute Gasteiger partial charge is 0.106 e. The van der Waals surface area contributed by atoms with Crippen LogP contribution < -0.4 is 0 Å². The zero-order chi connectivity index (χ0) is 12.7. The highest BCUT2D eigenvalue weighted by Crippen LogP contribution is 2.04. The summed E-state index contributed by atoms with van der Waals surface area (Å²) in [5.41, 5.74) is 3.58. The van der Waals surface area contributed by atoms with Crippen LogP contribution in [0.2, 0.25) is 0 Å². The van der Waals surface area contributed by atoms with Gasteiger partial charge < -0.3 is 0 Å². The number of aryl methyl sites for hydroxylation is 3. The van der Waals surface area contributed by atoms with Crippen molar-refractivity contribution in [1.29, 1.82) is 0 Å². The van der Waals surface area contributed by atoms with Gasteiger partial charge in [0.2, 0.25) is 0 Å². The van der Waals surface area contributed by atoms with Crippen molar-refractivity contribution in [3.05, 3.63) is 58.1 Å². The Morgan fingerprint density at radius 2 is 1.53 bits per heavy atom. The van der Waals surface area contributed by atoms with Gasteiger partial charge in [0, 0.05) is 18.1 Å². The van der Waals surface area contributed by atoms with Gasteiger partial charge in [-0.15, -0.1) is 0 Å². The third kappa shape index (κ3) is 5.59. The van der Waals surface area contributed by atoms with Gasteiger partial charge >= 0.3 is 0 Å². The zero-order valence-corrected chi connectivity index (χ0v) is 12.0. The maximum Gasteiger partial charge on any atom is 0.106 e. The van der Waals surface area contributed by atoms with Gasteiger partial charge in [0.25, 0.3) is 0 Å². The molecule has 2 aromatic rings. The second-order valence-corrected chi connectivity index (χ2v) is 4.65. The van der Waals surface area contributed by atoms with Crippen LogP contribution in [0, 0.1) is 13.8 Å². The molecule has 0 aromatic carbocycles. The first kappa shape index (κ1) is 13.8. The summed E-state index contributed by atoms with van der Waals surface area (Å²) in [6, 6.07) is 8.09. The topological polar surface area (TPSA) is 25.8 Å². The summed E-state index contributed by atoms with van der Waals surface area (Å²) in [5.74, 6) is 0. The molecule has 0 saturated carbocycles. The van der Waals surface area contributed by atoms with Crippen molar-refractivity contribution >= 4 is 15.9 Å². The predicted octanol–water partition coefficient (Wildman–Crippen LogP) is 4.10. The van der Waals surface area contributed by atoms with Crippen molar-refractivity contribution in [2.45, 2.75) is 27.2 Å². The Labute approximate surface area is 111 Å². The van der Waals surface area contributed by atoms with Crippen molar-refractivity contribution in [2.24, 2.45) is 0 Å². The standard InChI is InChI=1S/C8H11N.C6H6BrN/c1-3-8-5-4-7(2)6-9-8;1-5-2-3-6(7)8-4-5/h4-6H,3H2,1-2H3;2-4H,1H3. The van der Waals surface area contributed by atoms with Crippen LogP contribution >= 0.6 is 15.9 Å². The quantitative estimate of drug-likeness (QED) is 0.740. The molecule has 90 valence electrons. The van der Waals surface area contributed by atoms with E-state index in [1.54, 1.807) is 0 Å². The van der Waals surface area contributed by atoms with E-state index < -0.39 is 0 Å². The van der Waals surface area contributed by atoms with Gasteiger partial charge in [0.15, 0.2) is 0 Å². The number of halogens is 1. The van der Waals surface area contributed by atoms with Crippen LogP contribution in [0.15, 0.2) is 41.3 Å². The van der Waals surface area contributed by atoms with Gasteiger partial charge in [-0.25, -0.2) is 4.98 Å². The van der Waals surface area contributed by atoms with Crippen LogP contribution in [0.3, 0.4) is 0 Å². The molecular weight excluding hydrogens is 276 g/mol. The largest absolute Gasteiger partial charge is 0.261 e. The molecule has 0 aliphatic rings. The van der Waals surface area contributed by atoms with E-state index in [0.29, 0.717) is 0 Å². The predicted molar refractivity (Wildman–Crippen MR) is 75.0 cm³/mol. The lowest BCUT2D eigenvalue weighted by Gasteiger charge is -1.93. The highest BCUT2D eigenvalue weighted by atomic mass is 79.9. The molecule has 0 spiro atoms. The summed E-state index contributed by atoms with van der Waals surface area (Å²) in [5, 5.41) is 0. The van der Waals surface area contributed by atoms with Crippen molar-refractivity contribution in [3.8, 4) is 0 Å². The number of hydrogen-bond acceptors (Lipinski definition) is 2. The first-order valence-corrected chi connectivity index (χ1v) is 6.40. The molecule has 17 heavy (non-hydrogen) atoms. The lowest BCUT2D eigenvalue weighted by molar-refractivity contribution is 1.03. The molecule has 0 saturated heterocycles. The molecule has 0 aliphatic heterocycles. The number of rotatable bonds is 1. The average molecular weight is 293 g/mol. The molecule has 0 amide bonds. The van der Waals surface area contributed by atoms with E-state index in [-0.39, 0.29) is 0 Å². The minimum Gasteiger partial charge on any atom is -0.261 e. The minimum absolute atomic E-state index is 0.892. The van der Waals surface area contributed by atoms with E-state index in [1.807, 2.05) is 38.4 Å². The summed E-state index contributed by atoms with van der Waals surface area (Å²) >= 11 is 3.23. The molecule has 2 heterocycles. The Balaban J connectivity index is 0.000000171. The van der Waals surface area contributed by atoms with Gasteiger partial charge in [-0.05, 0) is 59.5 Å². The van der Waals surface area contributed by atoms with Crippen molar-refractivity contribution < 1.29 is 0 Å². The van der Waals surface area contributed by atoms with Crippen molar-refractivity contribution in [2.75, 3.05) is 0 Å². The lowest BCUT2D eigenvalue weighted by Crippen LogP contribution is -1.84. The van der Waals surface area contributed by atoms with Crippen LogP contribution in [0.1, 0.15) is 23.7 Å². The average Bonchev–Trinajstić information content (AvgIpc) is 2.35. The molecule has 2 aromatic heterocycles. The Morgan fingerprint density at radius 3 is 1.88 bits per heavy atom. The summed E-state index contributed by atoms with van der Waals surface area (Å²) in [6.07, 6.45) is 4.75. The third-order valence-electron chi connectivity index (χ3n) is 2.21. The van der Waals surface area contributed by atoms with E-state index in [0.717, 1.165) is 11.0 Å². The number of aromatic nitrogens is 2. The number of nitrogens with zero attached hydrogens (tertiary/aromatic N) is 2. The van der Waals surface area contributed by atoms with Crippen LogP contribution in [0.4, 0.5) is 0 Å². The van der Waals surface area contributed by atoms with E-state index in [2.05, 4.69) is 45.0 Å². The van der Waals surface area contributed by atoms with Crippen molar-refractivity contribution in [1.82, 2.24) is 9.97 Å². The van der Waals surface area contributed by atoms with Crippen LogP contribution in [0.25, 0.3) is 0 Å². The van der Waals surface area contributed by atoms with Gasteiger partial charge in [0.05, 0.1) is 0 Å². The second-order valence-electron chi connectivity index (χ2n) is 3.84. The molecule has 2 rings (SSSR count). The maximum absolute atomic E-state index is 4.20. The fraction of sp³-hybridized carbons (Fsp3) is 0.286. The second kappa shape index (κ2) is 7.17. The summed E-state index contributed by atoms with van der Waals surface area (Å²) < 4.78 is 0.892. The Morgan fingerprint density at radius 1 is 0.941 bits per heavy atom. The van der Waals surface area contributed by atoms with Gasteiger partial charge in [-0.1, -0.05) is 19.1 Å². The lowest BCUT2D eigenvalue weighted by atomic mass is 10.2. The maximum atomic E-state index is 4.20. The number of hydrogen-bond donors (Lipinski definition) is 0.